The molecular weight excluding hydrogens is 396 g/mol. The lowest BCUT2D eigenvalue weighted by Crippen LogP contribution is -2.47. The molecule has 4 rings (SSSR count). The van der Waals surface area contributed by atoms with Crippen molar-refractivity contribution in [3.63, 3.8) is 0 Å². The fourth-order valence-corrected chi connectivity index (χ4v) is 5.47. The van der Waals surface area contributed by atoms with Crippen LogP contribution in [0.1, 0.15) is 35.9 Å². The molecule has 0 spiro atoms. The second-order valence-electron chi connectivity index (χ2n) is 6.98. The van der Waals surface area contributed by atoms with Crippen LogP contribution in [0.4, 0.5) is 5.69 Å². The van der Waals surface area contributed by atoms with Crippen LogP contribution in [0, 0.1) is 0 Å². The van der Waals surface area contributed by atoms with Gasteiger partial charge in [-0.2, -0.15) is 4.31 Å². The summed E-state index contributed by atoms with van der Waals surface area (Å²) in [5.41, 5.74) is 1.92. The van der Waals surface area contributed by atoms with Crippen LogP contribution in [0.15, 0.2) is 45.9 Å². The summed E-state index contributed by atoms with van der Waals surface area (Å²) in [5.74, 6) is -1.13. The summed E-state index contributed by atoms with van der Waals surface area (Å²) in [7, 11) is -4.06. The van der Waals surface area contributed by atoms with Gasteiger partial charge in [0, 0.05) is 18.8 Å². The predicted octanol–water partition coefficient (Wildman–Crippen LogP) is 2.20. The maximum atomic E-state index is 13.2. The van der Waals surface area contributed by atoms with Gasteiger partial charge in [0.1, 0.15) is 6.04 Å². The Balaban J connectivity index is 1.58. The lowest BCUT2D eigenvalue weighted by molar-refractivity contribution is -0.121. The molecule has 1 saturated heterocycles. The van der Waals surface area contributed by atoms with Crippen molar-refractivity contribution in [2.24, 2.45) is 0 Å². The highest BCUT2D eigenvalue weighted by molar-refractivity contribution is 7.89. The van der Waals surface area contributed by atoms with E-state index in [0.29, 0.717) is 19.4 Å². The van der Waals surface area contributed by atoms with Crippen molar-refractivity contribution < 1.29 is 27.2 Å². The minimum Gasteiger partial charge on any atom is -0.460 e. The molecule has 3 heterocycles. The fourth-order valence-electron chi connectivity index (χ4n) is 3.91. The molecule has 0 radical (unpaired) electrons. The van der Waals surface area contributed by atoms with Crippen LogP contribution < -0.4 is 4.90 Å². The first-order valence-corrected chi connectivity index (χ1v) is 11.1. The zero-order valence-electron chi connectivity index (χ0n) is 16.0. The second-order valence-corrected chi connectivity index (χ2v) is 8.80. The number of hydrogen-bond donors (Lipinski definition) is 0. The van der Waals surface area contributed by atoms with Crippen LogP contribution in [0.5, 0.6) is 0 Å². The first kappa shape index (κ1) is 19.7. The Bertz CT molecular complexity index is 1040. The molecule has 0 bridgehead atoms. The molecule has 8 nitrogen and oxygen atoms in total. The fraction of sp³-hybridized carbons (Fsp3) is 0.400. The number of fused-ring (bicyclic) bond motifs is 1. The van der Waals surface area contributed by atoms with Gasteiger partial charge in [-0.25, -0.2) is 13.2 Å². The number of carbonyl (C=O) groups excluding carboxylic acids is 2. The minimum atomic E-state index is -4.06. The van der Waals surface area contributed by atoms with Gasteiger partial charge >= 0.3 is 5.97 Å². The van der Waals surface area contributed by atoms with Gasteiger partial charge in [-0.15, -0.1) is 0 Å². The Labute approximate surface area is 169 Å². The maximum Gasteiger partial charge on any atom is 0.374 e. The molecule has 0 aliphatic carbocycles. The van der Waals surface area contributed by atoms with E-state index in [0.717, 1.165) is 17.7 Å². The summed E-state index contributed by atoms with van der Waals surface area (Å²) >= 11 is 0. The summed E-state index contributed by atoms with van der Waals surface area (Å²) < 4.78 is 37.5. The van der Waals surface area contributed by atoms with Gasteiger partial charge < -0.3 is 14.1 Å². The summed E-state index contributed by atoms with van der Waals surface area (Å²) in [6, 6.07) is 9.37. The molecule has 1 fully saturated rings. The van der Waals surface area contributed by atoms with E-state index >= 15 is 0 Å². The van der Waals surface area contributed by atoms with E-state index in [1.807, 2.05) is 24.3 Å². The lowest BCUT2D eigenvalue weighted by Gasteiger charge is -2.27. The Morgan fingerprint density at radius 1 is 1.17 bits per heavy atom. The van der Waals surface area contributed by atoms with Crippen LogP contribution in [-0.4, -0.2) is 50.3 Å². The van der Waals surface area contributed by atoms with Crippen molar-refractivity contribution in [1.29, 1.82) is 0 Å². The number of rotatable bonds is 5. The molecular formula is C20H22N2O6S. The number of carbonyl (C=O) groups is 2. The quantitative estimate of drug-likeness (QED) is 0.691. The molecule has 1 amide bonds. The standard InChI is InChI=1S/C20H22N2O6S/c1-2-27-20(24)17-9-10-18(28-17)29(25,26)22-12-5-8-16(22)19(23)21-13-11-14-6-3-4-7-15(14)21/h3-4,6-7,9-10,16H,2,5,8,11-13H2,1H3. The third kappa shape index (κ3) is 3.44. The monoisotopic (exact) mass is 418 g/mol. The predicted molar refractivity (Wildman–Crippen MR) is 104 cm³/mol. The van der Waals surface area contributed by atoms with Crippen molar-refractivity contribution in [2.45, 2.75) is 37.3 Å². The molecule has 2 aliphatic rings. The largest absolute Gasteiger partial charge is 0.460 e. The SMILES string of the molecule is CCOC(=O)c1ccc(S(=O)(=O)N2CCCC2C(=O)N2CCc3ccccc32)o1. The number of ether oxygens (including phenoxy) is 1. The first-order chi connectivity index (χ1) is 13.9. The maximum absolute atomic E-state index is 13.2. The molecule has 1 aromatic carbocycles. The zero-order valence-corrected chi connectivity index (χ0v) is 16.9. The molecule has 1 aromatic heterocycles. The van der Waals surface area contributed by atoms with Gasteiger partial charge in [0.15, 0.2) is 0 Å². The third-order valence-electron chi connectivity index (χ3n) is 5.26. The highest BCUT2D eigenvalue weighted by Crippen LogP contribution is 2.33. The Hall–Kier alpha value is -2.65. The number of nitrogens with zero attached hydrogens (tertiary/aromatic N) is 2. The van der Waals surface area contributed by atoms with E-state index in [1.54, 1.807) is 11.8 Å². The first-order valence-electron chi connectivity index (χ1n) is 9.61. The van der Waals surface area contributed by atoms with Gasteiger partial charge in [0.25, 0.3) is 10.0 Å². The summed E-state index contributed by atoms with van der Waals surface area (Å²) in [5, 5.41) is -0.359. The number of hydrogen-bond acceptors (Lipinski definition) is 6. The molecule has 0 saturated carbocycles. The number of benzene rings is 1. The van der Waals surface area contributed by atoms with E-state index < -0.39 is 22.0 Å². The number of furan rings is 1. The molecule has 9 heteroatoms. The van der Waals surface area contributed by atoms with Crippen LogP contribution in [0.25, 0.3) is 0 Å². The van der Waals surface area contributed by atoms with Crippen LogP contribution in [0.3, 0.4) is 0 Å². The Morgan fingerprint density at radius 2 is 1.97 bits per heavy atom. The third-order valence-corrected chi connectivity index (χ3v) is 7.05. The van der Waals surface area contributed by atoms with Crippen molar-refractivity contribution in [2.75, 3.05) is 24.6 Å². The van der Waals surface area contributed by atoms with Crippen LogP contribution in [-0.2, 0) is 26.0 Å². The van der Waals surface area contributed by atoms with E-state index in [1.165, 1.54) is 16.4 Å². The van der Waals surface area contributed by atoms with Crippen LogP contribution in [0.2, 0.25) is 0 Å². The zero-order chi connectivity index (χ0) is 20.6. The smallest absolute Gasteiger partial charge is 0.374 e. The topological polar surface area (TPSA) is 97.1 Å². The number of esters is 1. The van der Waals surface area contributed by atoms with Crippen molar-refractivity contribution in [3.05, 3.63) is 47.7 Å². The molecule has 154 valence electrons. The van der Waals surface area contributed by atoms with Gasteiger partial charge in [-0.3, -0.25) is 4.79 Å². The number of amides is 1. The van der Waals surface area contributed by atoms with Gasteiger partial charge in [-0.05, 0) is 49.9 Å². The molecule has 2 aliphatic heterocycles. The second kappa shape index (κ2) is 7.64. The summed E-state index contributed by atoms with van der Waals surface area (Å²) in [4.78, 5) is 26.7. The highest BCUT2D eigenvalue weighted by atomic mass is 32.2. The summed E-state index contributed by atoms with van der Waals surface area (Å²) in [6.45, 7) is 2.57. The van der Waals surface area contributed by atoms with Gasteiger partial charge in [0.2, 0.25) is 16.8 Å². The van der Waals surface area contributed by atoms with Gasteiger partial charge in [-0.1, -0.05) is 18.2 Å². The minimum absolute atomic E-state index is 0.154. The highest BCUT2D eigenvalue weighted by Gasteiger charge is 2.43. The van der Waals surface area contributed by atoms with Crippen LogP contribution >= 0.6 is 0 Å². The Morgan fingerprint density at radius 3 is 2.76 bits per heavy atom. The number of anilines is 1. The van der Waals surface area contributed by atoms with E-state index in [9.17, 15) is 18.0 Å². The average molecular weight is 418 g/mol. The normalized spacial score (nSPS) is 19.3. The molecule has 29 heavy (non-hydrogen) atoms. The van der Waals surface area contributed by atoms with Crippen molar-refractivity contribution in [1.82, 2.24) is 4.31 Å². The van der Waals surface area contributed by atoms with E-state index in [4.69, 9.17) is 9.15 Å². The van der Waals surface area contributed by atoms with Gasteiger partial charge in [0.05, 0.1) is 6.61 Å². The molecule has 2 aromatic rings. The van der Waals surface area contributed by atoms with Crippen molar-refractivity contribution in [3.8, 4) is 0 Å². The van der Waals surface area contributed by atoms with Crippen molar-refractivity contribution >= 4 is 27.6 Å². The molecule has 1 atom stereocenters. The Kier molecular flexibility index (Phi) is 5.18. The lowest BCUT2D eigenvalue weighted by atomic mass is 10.1. The molecule has 0 N–H and O–H groups in total. The van der Waals surface area contributed by atoms with E-state index in [-0.39, 0.29) is 29.9 Å². The summed E-state index contributed by atoms with van der Waals surface area (Å²) in [6.07, 6.45) is 1.78. The van der Waals surface area contributed by atoms with E-state index in [2.05, 4.69) is 0 Å². The average Bonchev–Trinajstić information content (AvgIpc) is 3.47. The molecule has 1 unspecified atom stereocenters. The number of sulfonamides is 1. The number of para-hydroxylation sites is 1.